The number of nitro benzene ring substituents is 1. The van der Waals surface area contributed by atoms with Crippen LogP contribution in [0.3, 0.4) is 0 Å². The van der Waals surface area contributed by atoms with Crippen molar-refractivity contribution in [3.8, 4) is 5.75 Å². The predicted octanol–water partition coefficient (Wildman–Crippen LogP) is -2.23. The Kier molecular flexibility index (Phi) is 6.69. The van der Waals surface area contributed by atoms with E-state index in [1.807, 2.05) is 0 Å². The van der Waals surface area contributed by atoms with E-state index < -0.39 is 16.3 Å². The number of rotatable bonds is 3. The van der Waals surface area contributed by atoms with Crippen LogP contribution in [0.15, 0.2) is 24.3 Å². The van der Waals surface area contributed by atoms with Gasteiger partial charge in [0.1, 0.15) is 17.1 Å². The minimum atomic E-state index is -2.65. The summed E-state index contributed by atoms with van der Waals surface area (Å²) in [5.74, 6) is 0.0407. The third-order valence-electron chi connectivity index (χ3n) is 1.21. The van der Waals surface area contributed by atoms with Crippen LogP contribution in [-0.2, 0) is 11.4 Å². The Morgan fingerprint density at radius 2 is 1.79 bits per heavy atom. The van der Waals surface area contributed by atoms with Gasteiger partial charge in [0.25, 0.3) is 5.69 Å². The fourth-order valence-electron chi connectivity index (χ4n) is 0.702. The number of nitro groups is 1. The van der Waals surface area contributed by atoms with Crippen molar-refractivity contribution in [2.45, 2.75) is 0 Å². The summed E-state index contributed by atoms with van der Waals surface area (Å²) in [5.41, 5.74) is -0.121. The molecule has 0 bridgehead atoms. The molecule has 0 aromatic heterocycles. The molecule has 0 radical (unpaired) electrons. The van der Waals surface area contributed by atoms with Crippen LogP contribution in [0.1, 0.15) is 0 Å². The summed E-state index contributed by atoms with van der Waals surface area (Å²) in [6.07, 6.45) is 0. The standard InChI is InChI=1S/C6H5NO5S.K/c8-7(9)5-1-3-6(4-2-5)12-13(10)11;/h1-4H,(H,10,11);/q;+1/p-1. The second-order valence-corrected chi connectivity index (χ2v) is 2.61. The molecule has 0 N–H and O–H groups in total. The van der Waals surface area contributed by atoms with Crippen molar-refractivity contribution in [3.05, 3.63) is 34.4 Å². The third kappa shape index (κ3) is 4.60. The first-order valence-electron chi connectivity index (χ1n) is 3.11. The molecule has 8 heteroatoms. The van der Waals surface area contributed by atoms with Crippen molar-refractivity contribution < 1.29 is 69.3 Å². The van der Waals surface area contributed by atoms with E-state index in [0.717, 1.165) is 12.1 Å². The van der Waals surface area contributed by atoms with Gasteiger partial charge in [0, 0.05) is 12.1 Å². The van der Waals surface area contributed by atoms with Crippen LogP contribution in [0.5, 0.6) is 5.75 Å². The zero-order valence-corrected chi connectivity index (χ0v) is 11.1. The van der Waals surface area contributed by atoms with Crippen LogP contribution < -0.4 is 55.6 Å². The van der Waals surface area contributed by atoms with Crippen molar-refractivity contribution in [2.75, 3.05) is 0 Å². The van der Waals surface area contributed by atoms with Gasteiger partial charge in [0.2, 0.25) is 0 Å². The Morgan fingerprint density at radius 1 is 1.29 bits per heavy atom. The topological polar surface area (TPSA) is 92.5 Å². The number of hydrogen-bond donors (Lipinski definition) is 0. The molecule has 0 saturated carbocycles. The molecule has 1 rings (SSSR count). The number of non-ortho nitro benzene ring substituents is 1. The zero-order chi connectivity index (χ0) is 9.84. The van der Waals surface area contributed by atoms with Crippen molar-refractivity contribution >= 4 is 17.0 Å². The fraction of sp³-hybridized carbons (Fsp3) is 0. The molecule has 70 valence electrons. The molecule has 0 spiro atoms. The SMILES string of the molecule is O=[N+]([O-])c1ccc(OS(=O)[O-])cc1.[K+]. The average Bonchev–Trinajstić information content (AvgIpc) is 2.04. The minimum Gasteiger partial charge on any atom is -0.740 e. The van der Waals surface area contributed by atoms with Gasteiger partial charge in [-0.05, 0) is 12.1 Å². The van der Waals surface area contributed by atoms with Crippen LogP contribution in [0.4, 0.5) is 5.69 Å². The first kappa shape index (κ1) is 14.2. The van der Waals surface area contributed by atoms with Gasteiger partial charge in [0.15, 0.2) is 0 Å². The van der Waals surface area contributed by atoms with Gasteiger partial charge in [0.05, 0.1) is 4.92 Å². The maximum atomic E-state index is 10.2. The van der Waals surface area contributed by atoms with E-state index in [2.05, 4.69) is 4.18 Å². The molecule has 14 heavy (non-hydrogen) atoms. The smallest absolute Gasteiger partial charge is 0.740 e. The Morgan fingerprint density at radius 3 is 2.14 bits per heavy atom. The first-order valence-corrected chi connectivity index (χ1v) is 4.11. The number of hydrogen-bond acceptors (Lipinski definition) is 5. The van der Waals surface area contributed by atoms with E-state index in [4.69, 9.17) is 0 Å². The van der Waals surface area contributed by atoms with Gasteiger partial charge in [-0.3, -0.25) is 10.1 Å². The molecule has 0 aliphatic carbocycles. The Balaban J connectivity index is 0.00000169. The molecular weight excluding hydrogens is 237 g/mol. The normalized spacial score (nSPS) is 11.2. The summed E-state index contributed by atoms with van der Waals surface area (Å²) in [7, 11) is 0. The van der Waals surface area contributed by atoms with Crippen molar-refractivity contribution in [2.24, 2.45) is 0 Å². The average molecular weight is 241 g/mol. The summed E-state index contributed by atoms with van der Waals surface area (Å²) >= 11 is -2.65. The predicted molar refractivity (Wildman–Crippen MR) is 42.6 cm³/mol. The molecule has 0 amide bonds. The zero-order valence-electron chi connectivity index (χ0n) is 7.21. The fourth-order valence-corrected chi connectivity index (χ4v) is 0.970. The molecule has 0 saturated heterocycles. The van der Waals surface area contributed by atoms with Gasteiger partial charge >= 0.3 is 51.4 Å². The Bertz CT molecular complexity index is 341. The molecule has 6 nitrogen and oxygen atoms in total. The molecule has 1 atom stereocenters. The van der Waals surface area contributed by atoms with E-state index in [1.54, 1.807) is 0 Å². The van der Waals surface area contributed by atoms with Crippen LogP contribution >= 0.6 is 0 Å². The van der Waals surface area contributed by atoms with Gasteiger partial charge in [-0.2, -0.15) is 0 Å². The van der Waals surface area contributed by atoms with Gasteiger partial charge < -0.3 is 8.74 Å². The molecule has 1 aromatic carbocycles. The molecule has 1 unspecified atom stereocenters. The quantitative estimate of drug-likeness (QED) is 0.258. The largest absolute Gasteiger partial charge is 1.00 e. The summed E-state index contributed by atoms with van der Waals surface area (Å²) in [4.78, 5) is 9.59. The van der Waals surface area contributed by atoms with Crippen LogP contribution in [-0.4, -0.2) is 13.7 Å². The molecule has 0 fully saturated rings. The summed E-state index contributed by atoms with van der Waals surface area (Å²) in [5, 5.41) is 10.2. The number of benzene rings is 1. The molecule has 0 heterocycles. The van der Waals surface area contributed by atoms with Gasteiger partial charge in [-0.1, -0.05) is 0 Å². The van der Waals surface area contributed by atoms with E-state index in [0.29, 0.717) is 0 Å². The molecular formula is C6H4KNO5S. The summed E-state index contributed by atoms with van der Waals surface area (Å²) in [6.45, 7) is 0. The third-order valence-corrected chi connectivity index (χ3v) is 1.54. The van der Waals surface area contributed by atoms with Crippen LogP contribution in [0, 0.1) is 10.1 Å². The van der Waals surface area contributed by atoms with E-state index in [1.165, 1.54) is 12.1 Å². The van der Waals surface area contributed by atoms with E-state index in [9.17, 15) is 18.9 Å². The molecule has 0 aliphatic heterocycles. The monoisotopic (exact) mass is 241 g/mol. The van der Waals surface area contributed by atoms with Crippen LogP contribution in [0.2, 0.25) is 0 Å². The van der Waals surface area contributed by atoms with Gasteiger partial charge in [-0.15, -0.1) is 0 Å². The molecule has 1 aromatic rings. The second kappa shape index (κ2) is 6.61. The van der Waals surface area contributed by atoms with Crippen molar-refractivity contribution in [3.63, 3.8) is 0 Å². The van der Waals surface area contributed by atoms with E-state index >= 15 is 0 Å². The number of nitrogens with zero attached hydrogens (tertiary/aromatic N) is 1. The summed E-state index contributed by atoms with van der Waals surface area (Å²) < 4.78 is 24.3. The minimum absolute atomic E-state index is 0. The van der Waals surface area contributed by atoms with Crippen molar-refractivity contribution in [1.82, 2.24) is 0 Å². The second-order valence-electron chi connectivity index (χ2n) is 2.04. The molecule has 0 aliphatic rings. The maximum Gasteiger partial charge on any atom is 1.00 e. The Labute approximate surface area is 125 Å². The summed E-state index contributed by atoms with van der Waals surface area (Å²) in [6, 6.07) is 4.71. The van der Waals surface area contributed by atoms with Crippen LogP contribution in [0.25, 0.3) is 0 Å². The van der Waals surface area contributed by atoms with Crippen molar-refractivity contribution in [1.29, 1.82) is 0 Å². The maximum absolute atomic E-state index is 10.2. The van der Waals surface area contributed by atoms with Gasteiger partial charge in [-0.25, -0.2) is 4.21 Å². The van der Waals surface area contributed by atoms with E-state index in [-0.39, 0.29) is 62.8 Å². The Hall–Kier alpha value is 0.166. The first-order chi connectivity index (χ1) is 6.09.